The molecule has 107 heavy (non-hydrogen) atoms. The average Bonchev–Trinajstić information content (AvgIpc) is 1.58. The number of aliphatic hydroxyl groups excluding tert-OH is 2. The first kappa shape index (κ1) is 76.2. The average molecular weight is 1600 g/mol. The molecule has 5 fully saturated rings. The predicted octanol–water partition coefficient (Wildman–Crippen LogP) is 14.1. The summed E-state index contributed by atoms with van der Waals surface area (Å²) in [7, 11) is 0. The molecule has 12 aromatic rings. The normalized spacial score (nSPS) is 26.0. The van der Waals surface area contributed by atoms with Gasteiger partial charge in [-0.1, -0.05) is 70.8 Å². The molecule has 0 spiro atoms. The van der Waals surface area contributed by atoms with Crippen molar-refractivity contribution in [1.82, 2.24) is 58.6 Å². The van der Waals surface area contributed by atoms with Crippen LogP contribution >= 0.6 is 50.7 Å². The number of hydrogen-bond donors (Lipinski definition) is 8. The Morgan fingerprint density at radius 2 is 0.879 bits per heavy atom. The van der Waals surface area contributed by atoms with Crippen molar-refractivity contribution >= 4 is 151 Å². The van der Waals surface area contributed by atoms with E-state index in [2.05, 4.69) is 67.4 Å². The minimum Gasteiger partial charge on any atom is -0.388 e. The topological polar surface area (TPSA) is 364 Å². The van der Waals surface area contributed by atoms with Gasteiger partial charge in [0.05, 0.1) is 65.9 Å². The predicted molar refractivity (Wildman–Crippen MR) is 403 cm³/mol. The fourth-order valence-electron chi connectivity index (χ4n) is 15.1. The zero-order valence-corrected chi connectivity index (χ0v) is 60.8. The van der Waals surface area contributed by atoms with E-state index in [4.69, 9.17) is 88.2 Å². The number of aliphatic hydroxyl groups is 2. The Morgan fingerprint density at radius 3 is 1.32 bits per heavy atom. The molecule has 2 aliphatic heterocycles. The number of ether oxygens (including phenoxy) is 4. The molecule has 0 radical (unpaired) electrons. The number of aryl methyl sites for hydroxylation is 2. The first-order chi connectivity index (χ1) is 50.1. The van der Waals surface area contributed by atoms with Gasteiger partial charge in [0, 0.05) is 58.5 Å². The molecular weight excluding hydrogens is 1530 g/mol. The lowest BCUT2D eigenvalue weighted by molar-refractivity contribution is -0.172. The number of nitrogens with two attached hydrogens (primary N) is 6. The summed E-state index contributed by atoms with van der Waals surface area (Å²) in [5, 5.41) is 24.7. The number of nitrogens with zero attached hydrogens (tertiary/aromatic N) is 12. The van der Waals surface area contributed by atoms with Gasteiger partial charge in [0.25, 0.3) is 0 Å². The third-order valence-electron chi connectivity index (χ3n) is 20.2. The second kappa shape index (κ2) is 28.5. The van der Waals surface area contributed by atoms with Gasteiger partial charge in [0.2, 0.25) is 0 Å². The summed E-state index contributed by atoms with van der Waals surface area (Å²) < 4.78 is 121. The van der Waals surface area contributed by atoms with E-state index in [-0.39, 0.29) is 119 Å². The van der Waals surface area contributed by atoms with Crippen molar-refractivity contribution < 1.29 is 55.5 Å². The Balaban J connectivity index is 0.000000132. The van der Waals surface area contributed by atoms with Crippen LogP contribution in [0.3, 0.4) is 0 Å². The number of fused-ring (bicyclic) bond motifs is 8. The molecule has 562 valence electrons. The summed E-state index contributed by atoms with van der Waals surface area (Å²) in [5.41, 5.74) is 33.3. The number of halogens is 10. The Morgan fingerprint density at radius 1 is 0.505 bits per heavy atom. The van der Waals surface area contributed by atoms with Gasteiger partial charge >= 0.3 is 0 Å². The quantitative estimate of drug-likeness (QED) is 0.0466. The summed E-state index contributed by atoms with van der Waals surface area (Å²) in [6.45, 7) is 10.8. The number of alkyl halides is 3. The van der Waals surface area contributed by atoms with Crippen molar-refractivity contribution in [2.75, 3.05) is 34.4 Å². The SMILES string of the molecule is C.C=C[C@@]1(F)C[C@@H](n2ccc3c(N)ncnc32)[C@@H]2OC(C)(C)O[C@@H]21.CC1(C)O[C@H]2[C@H](n3ccc4c(N)ncnc43)C[C@](F)(CCc3cc(F)c4cc(Cl)c(N)nc4c3)[C@H]2O1.Nc1nc2cc(Br)cc(F)c2cc1Cl.Nc1nc2cc(CC[C@@]3(F)C[C@@H](n4ccc5c(N)ncnc54)[C@H](O)[C@@H]3O)cc(F)c2cc1Cl. The van der Waals surface area contributed by atoms with Gasteiger partial charge in [-0.2, -0.15) is 0 Å². The van der Waals surface area contributed by atoms with E-state index in [1.165, 1.54) is 61.5 Å². The van der Waals surface area contributed by atoms with Crippen LogP contribution in [0.1, 0.15) is 96.5 Å². The van der Waals surface area contributed by atoms with E-state index in [0.29, 0.717) is 76.9 Å². The molecule has 12 atom stereocenters. The molecule has 0 amide bonds. The van der Waals surface area contributed by atoms with Crippen LogP contribution in [-0.2, 0) is 31.8 Å². The second-order valence-electron chi connectivity index (χ2n) is 28.0. The smallest absolute Gasteiger partial charge is 0.164 e. The van der Waals surface area contributed by atoms with Crippen molar-refractivity contribution in [1.29, 1.82) is 0 Å². The number of benzene rings is 3. The van der Waals surface area contributed by atoms with Gasteiger partial charge < -0.3 is 77.3 Å². The van der Waals surface area contributed by atoms with Crippen molar-refractivity contribution in [3.63, 3.8) is 0 Å². The van der Waals surface area contributed by atoms with Crippen LogP contribution < -0.4 is 34.4 Å². The third kappa shape index (κ3) is 14.2. The lowest BCUT2D eigenvalue weighted by Crippen LogP contribution is -2.39. The Bertz CT molecular complexity index is 5480. The molecule has 17 rings (SSSR count). The first-order valence-corrected chi connectivity index (χ1v) is 35.4. The van der Waals surface area contributed by atoms with E-state index in [9.17, 15) is 23.4 Å². The van der Waals surface area contributed by atoms with Crippen molar-refractivity contribution in [3.05, 3.63) is 171 Å². The minimum atomic E-state index is -2.10. The highest BCUT2D eigenvalue weighted by Crippen LogP contribution is 2.55. The molecule has 11 heterocycles. The van der Waals surface area contributed by atoms with Gasteiger partial charge in [-0.3, -0.25) is 0 Å². The molecule has 0 unspecified atom stereocenters. The van der Waals surface area contributed by atoms with E-state index in [1.54, 1.807) is 62.7 Å². The van der Waals surface area contributed by atoms with Gasteiger partial charge in [-0.15, -0.1) is 0 Å². The van der Waals surface area contributed by atoms with Crippen LogP contribution in [0.4, 0.5) is 61.2 Å². The molecule has 5 aliphatic rings. The highest BCUT2D eigenvalue weighted by Gasteiger charge is 2.64. The molecule has 3 aliphatic carbocycles. The molecule has 14 N–H and O–H groups in total. The molecule has 3 saturated carbocycles. The van der Waals surface area contributed by atoms with E-state index in [1.807, 2.05) is 33.7 Å². The van der Waals surface area contributed by atoms with Crippen LogP contribution in [0.5, 0.6) is 0 Å². The Labute approximate surface area is 630 Å². The van der Waals surface area contributed by atoms with Crippen LogP contribution in [0.2, 0.25) is 15.1 Å². The van der Waals surface area contributed by atoms with Gasteiger partial charge in [-0.05, 0) is 137 Å². The van der Waals surface area contributed by atoms with Gasteiger partial charge in [0.15, 0.2) is 17.2 Å². The molecular formula is C73H74BrCl3F6N18O6. The molecule has 3 aromatic carbocycles. The number of aromatic nitrogens is 12. The van der Waals surface area contributed by atoms with Crippen molar-refractivity contribution in [2.24, 2.45) is 0 Å². The standard InChI is InChI=1S/C25H25ClF2N6O2.C22H21ClF2N6O2.C16H19FN4O2.C9H5BrClFN2.CH4/c1-24(2)35-19-18(34-6-4-13-21(29)31-11-32-23(13)34)10-25(28,20(19)36-24)5-3-12-7-16(27)14-9-15(26)22(30)33-17(14)8-12;23-13-7-12-14(24)5-10(6-15(12)30-20(13)27)1-3-22(25)8-16(17(32)18(22)33)31-4-2-11-19(26)28-9-29-21(11)31;1-4-16(17)7-10(11-12(16)23-15(2,3)22-11)21-6-5-9-13(18)19-8-20-14(9)21;10-4-1-7(12)5-3-6(11)9(13)14-8(5)2-4;/h4,6-9,11,18-20H,3,5,10H2,1-2H3,(H2,30,33)(H2,29,31,32);2,4-7,9,16-18,32-33H,1,3,8H2,(H2,27,30)(H2,26,28,29);4-6,8,10-12H,1,7H2,2-3H3,(H2,18,19,20);1-3H,(H2,13,14);1H4/t18-,19+,20+,25-;16-,17+,18+,22-;10-,11+,12+,16-;;/m111../s1. The highest BCUT2D eigenvalue weighted by atomic mass is 79.9. The van der Waals surface area contributed by atoms with Gasteiger partial charge in [0.1, 0.15) is 136 Å². The minimum absolute atomic E-state index is 0. The monoisotopic (exact) mass is 1600 g/mol. The van der Waals surface area contributed by atoms with Crippen LogP contribution in [0, 0.1) is 17.5 Å². The summed E-state index contributed by atoms with van der Waals surface area (Å²) >= 11 is 20.8. The lowest BCUT2D eigenvalue weighted by atomic mass is 9.92. The maximum atomic E-state index is 16.7. The molecule has 24 nitrogen and oxygen atoms in total. The molecule has 34 heteroatoms. The Kier molecular flexibility index (Phi) is 20.3. The van der Waals surface area contributed by atoms with Crippen molar-refractivity contribution in [3.8, 4) is 0 Å². The lowest BCUT2D eigenvalue weighted by Gasteiger charge is -2.28. The maximum Gasteiger partial charge on any atom is 0.164 e. The second-order valence-corrected chi connectivity index (χ2v) is 30.1. The number of rotatable bonds is 10. The molecule has 0 bridgehead atoms. The maximum absolute atomic E-state index is 16.7. The fraction of sp³-hybridized carbons (Fsp3) is 0.356. The van der Waals surface area contributed by atoms with Crippen molar-refractivity contribution in [2.45, 2.75) is 163 Å². The zero-order valence-electron chi connectivity index (χ0n) is 57.0. The summed E-state index contributed by atoms with van der Waals surface area (Å²) in [5.74, 6) is -1.75. The summed E-state index contributed by atoms with van der Waals surface area (Å²) in [4.78, 5) is 37.1. The molecule has 9 aromatic heterocycles. The van der Waals surface area contributed by atoms with Gasteiger partial charge in [-0.25, -0.2) is 71.2 Å². The van der Waals surface area contributed by atoms with E-state index in [0.717, 1.165) is 5.39 Å². The third-order valence-corrected chi connectivity index (χ3v) is 21.6. The van der Waals surface area contributed by atoms with Crippen LogP contribution in [0.25, 0.3) is 65.8 Å². The number of hydrogen-bond acceptors (Lipinski definition) is 21. The van der Waals surface area contributed by atoms with Crippen LogP contribution in [0.15, 0.2) is 127 Å². The fourth-order valence-corrected chi connectivity index (χ4v) is 16.0. The summed E-state index contributed by atoms with van der Waals surface area (Å²) in [6, 6.07) is 17.3. The summed E-state index contributed by atoms with van der Waals surface area (Å²) in [6.07, 6.45) is 5.88. The van der Waals surface area contributed by atoms with E-state index < -0.39 is 82.9 Å². The number of pyridine rings is 3. The largest absolute Gasteiger partial charge is 0.388 e. The van der Waals surface area contributed by atoms with Crippen LogP contribution in [-0.4, -0.2) is 134 Å². The first-order valence-electron chi connectivity index (χ1n) is 33.4. The molecule has 2 saturated heterocycles. The number of anilines is 6. The Hall–Kier alpha value is -9.02. The number of nitrogen functional groups attached to an aromatic ring is 6. The highest BCUT2D eigenvalue weighted by molar-refractivity contribution is 9.10. The van der Waals surface area contributed by atoms with E-state index >= 15 is 13.2 Å². The zero-order chi connectivity index (χ0) is 75.6.